The maximum atomic E-state index is 6.27. The first-order valence-corrected chi connectivity index (χ1v) is 5.22. The maximum Gasteiger partial charge on any atom is 0.0688 e. The van der Waals surface area contributed by atoms with Crippen molar-refractivity contribution < 1.29 is 4.74 Å². The minimum absolute atomic E-state index is 0.392. The first-order valence-electron chi connectivity index (χ1n) is 4.84. The third kappa shape index (κ3) is 1.78. The molecule has 0 aliphatic carbocycles. The molecular formula is C11H14ClNO. The van der Waals surface area contributed by atoms with Gasteiger partial charge in [-0.3, -0.25) is 0 Å². The van der Waals surface area contributed by atoms with Crippen molar-refractivity contribution in [3.8, 4) is 0 Å². The Morgan fingerprint density at radius 3 is 2.79 bits per heavy atom. The van der Waals surface area contributed by atoms with Crippen LogP contribution in [0.2, 0.25) is 5.02 Å². The van der Waals surface area contributed by atoms with E-state index in [2.05, 4.69) is 0 Å². The Balaban J connectivity index is 2.32. The van der Waals surface area contributed by atoms with Gasteiger partial charge < -0.3 is 10.5 Å². The number of ether oxygens (including phenoxy) is 1. The van der Waals surface area contributed by atoms with Gasteiger partial charge in [0, 0.05) is 11.6 Å². The van der Waals surface area contributed by atoms with Gasteiger partial charge in [0.15, 0.2) is 0 Å². The van der Waals surface area contributed by atoms with Gasteiger partial charge in [0.05, 0.1) is 12.1 Å². The molecule has 14 heavy (non-hydrogen) atoms. The fourth-order valence-electron chi connectivity index (χ4n) is 1.89. The minimum atomic E-state index is -0.392. The summed E-state index contributed by atoms with van der Waals surface area (Å²) in [6.07, 6.45) is 1.94. The predicted octanol–water partition coefficient (Wildman–Crippen LogP) is 2.30. The average molecular weight is 212 g/mol. The Labute approximate surface area is 89.0 Å². The van der Waals surface area contributed by atoms with E-state index in [4.69, 9.17) is 22.1 Å². The number of hydrogen-bond acceptors (Lipinski definition) is 2. The van der Waals surface area contributed by atoms with Crippen LogP contribution >= 0.6 is 11.6 Å². The molecule has 1 heterocycles. The molecule has 1 aliphatic rings. The minimum Gasteiger partial charge on any atom is -0.379 e. The van der Waals surface area contributed by atoms with Gasteiger partial charge in [-0.15, -0.1) is 0 Å². The summed E-state index contributed by atoms with van der Waals surface area (Å²) < 4.78 is 5.41. The van der Waals surface area contributed by atoms with Gasteiger partial charge in [-0.2, -0.15) is 0 Å². The lowest BCUT2D eigenvalue weighted by molar-refractivity contribution is 0.0367. The van der Waals surface area contributed by atoms with Crippen LogP contribution in [0, 0.1) is 0 Å². The first kappa shape index (κ1) is 9.97. The molecule has 1 atom stereocenters. The van der Waals surface area contributed by atoms with Crippen molar-refractivity contribution in [1.29, 1.82) is 0 Å². The summed E-state index contributed by atoms with van der Waals surface area (Å²) in [4.78, 5) is 0. The van der Waals surface area contributed by atoms with Crippen molar-refractivity contribution in [2.75, 3.05) is 13.2 Å². The molecule has 2 nitrogen and oxygen atoms in total. The van der Waals surface area contributed by atoms with Crippen LogP contribution in [0.3, 0.4) is 0 Å². The van der Waals surface area contributed by atoms with Crippen LogP contribution in [-0.4, -0.2) is 13.2 Å². The number of nitrogens with two attached hydrogens (primary N) is 1. The summed E-state index contributed by atoms with van der Waals surface area (Å²) in [7, 11) is 0. The number of benzene rings is 1. The molecule has 1 fully saturated rings. The number of hydrogen-bond donors (Lipinski definition) is 1. The highest BCUT2D eigenvalue weighted by molar-refractivity contribution is 6.31. The SMILES string of the molecule is NC1(c2ccccc2Cl)CCCOC1. The molecule has 76 valence electrons. The summed E-state index contributed by atoms with van der Waals surface area (Å²) in [6, 6.07) is 7.74. The molecule has 0 saturated carbocycles. The molecule has 0 radical (unpaired) electrons. The van der Waals surface area contributed by atoms with Crippen LogP contribution in [0.4, 0.5) is 0 Å². The summed E-state index contributed by atoms with van der Waals surface area (Å²) in [5.74, 6) is 0. The van der Waals surface area contributed by atoms with Gasteiger partial charge in [0.2, 0.25) is 0 Å². The summed E-state index contributed by atoms with van der Waals surface area (Å²) in [5, 5.41) is 0.737. The second kappa shape index (κ2) is 3.89. The zero-order chi connectivity index (χ0) is 10.0. The highest BCUT2D eigenvalue weighted by atomic mass is 35.5. The first-order chi connectivity index (χ1) is 6.72. The Kier molecular flexibility index (Phi) is 2.77. The van der Waals surface area contributed by atoms with Gasteiger partial charge in [0.25, 0.3) is 0 Å². The van der Waals surface area contributed by atoms with Crippen molar-refractivity contribution >= 4 is 11.6 Å². The topological polar surface area (TPSA) is 35.2 Å². The van der Waals surface area contributed by atoms with E-state index in [1.165, 1.54) is 0 Å². The third-order valence-electron chi connectivity index (χ3n) is 2.68. The van der Waals surface area contributed by atoms with E-state index in [1.807, 2.05) is 24.3 Å². The van der Waals surface area contributed by atoms with E-state index in [1.54, 1.807) is 0 Å². The lowest BCUT2D eigenvalue weighted by Gasteiger charge is -2.34. The molecule has 1 aromatic carbocycles. The molecule has 2 rings (SSSR count). The van der Waals surface area contributed by atoms with Crippen molar-refractivity contribution in [2.24, 2.45) is 5.73 Å². The maximum absolute atomic E-state index is 6.27. The van der Waals surface area contributed by atoms with Crippen LogP contribution in [0.1, 0.15) is 18.4 Å². The van der Waals surface area contributed by atoms with Crippen LogP contribution in [-0.2, 0) is 10.3 Å². The highest BCUT2D eigenvalue weighted by Crippen LogP contribution is 2.32. The lowest BCUT2D eigenvalue weighted by atomic mass is 9.86. The molecule has 0 amide bonds. The van der Waals surface area contributed by atoms with E-state index in [9.17, 15) is 0 Å². The van der Waals surface area contributed by atoms with Gasteiger partial charge in [0.1, 0.15) is 0 Å². The Bertz CT molecular complexity index is 321. The summed E-state index contributed by atoms with van der Waals surface area (Å²) in [5.41, 5.74) is 6.88. The van der Waals surface area contributed by atoms with Gasteiger partial charge in [-0.05, 0) is 24.5 Å². The van der Waals surface area contributed by atoms with E-state index < -0.39 is 5.54 Å². The van der Waals surface area contributed by atoms with E-state index >= 15 is 0 Å². The molecular weight excluding hydrogens is 198 g/mol. The number of rotatable bonds is 1. The molecule has 0 spiro atoms. The molecule has 1 unspecified atom stereocenters. The molecule has 1 saturated heterocycles. The summed E-state index contributed by atoms with van der Waals surface area (Å²) in [6.45, 7) is 1.38. The fraction of sp³-hybridized carbons (Fsp3) is 0.455. The van der Waals surface area contributed by atoms with Crippen LogP contribution < -0.4 is 5.73 Å². The third-order valence-corrected chi connectivity index (χ3v) is 3.01. The number of halogens is 1. The molecule has 3 heteroatoms. The standard InChI is InChI=1S/C11H14ClNO/c12-10-5-2-1-4-9(10)11(13)6-3-7-14-8-11/h1-2,4-5H,3,6-8,13H2. The van der Waals surface area contributed by atoms with Gasteiger partial charge in [-0.25, -0.2) is 0 Å². The van der Waals surface area contributed by atoms with Crippen molar-refractivity contribution in [3.05, 3.63) is 34.9 Å². The molecule has 0 aromatic heterocycles. The molecule has 0 bridgehead atoms. The zero-order valence-electron chi connectivity index (χ0n) is 8.00. The predicted molar refractivity (Wildman–Crippen MR) is 57.4 cm³/mol. The van der Waals surface area contributed by atoms with E-state index in [-0.39, 0.29) is 0 Å². The van der Waals surface area contributed by atoms with Crippen LogP contribution in [0.25, 0.3) is 0 Å². The van der Waals surface area contributed by atoms with Crippen molar-refractivity contribution in [2.45, 2.75) is 18.4 Å². The normalized spacial score (nSPS) is 27.6. The van der Waals surface area contributed by atoms with Crippen molar-refractivity contribution in [3.63, 3.8) is 0 Å². The van der Waals surface area contributed by atoms with Crippen LogP contribution in [0.15, 0.2) is 24.3 Å². The average Bonchev–Trinajstić information content (AvgIpc) is 2.19. The quantitative estimate of drug-likeness (QED) is 0.774. The van der Waals surface area contributed by atoms with Crippen molar-refractivity contribution in [1.82, 2.24) is 0 Å². The summed E-state index contributed by atoms with van der Waals surface area (Å²) >= 11 is 6.11. The molecule has 2 N–H and O–H groups in total. The van der Waals surface area contributed by atoms with E-state index in [0.29, 0.717) is 6.61 Å². The zero-order valence-corrected chi connectivity index (χ0v) is 8.76. The monoisotopic (exact) mass is 211 g/mol. The Morgan fingerprint density at radius 1 is 1.36 bits per heavy atom. The molecule has 1 aliphatic heterocycles. The smallest absolute Gasteiger partial charge is 0.0688 e. The lowest BCUT2D eigenvalue weighted by Crippen LogP contribution is -2.44. The Hall–Kier alpha value is -0.570. The Morgan fingerprint density at radius 2 is 2.14 bits per heavy atom. The van der Waals surface area contributed by atoms with Gasteiger partial charge >= 0.3 is 0 Å². The van der Waals surface area contributed by atoms with Gasteiger partial charge in [-0.1, -0.05) is 29.8 Å². The van der Waals surface area contributed by atoms with E-state index in [0.717, 1.165) is 30.0 Å². The second-order valence-corrected chi connectivity index (χ2v) is 4.20. The largest absolute Gasteiger partial charge is 0.379 e. The van der Waals surface area contributed by atoms with Crippen LogP contribution in [0.5, 0.6) is 0 Å². The highest BCUT2D eigenvalue weighted by Gasteiger charge is 2.31. The molecule has 1 aromatic rings. The fourth-order valence-corrected chi connectivity index (χ4v) is 2.22. The second-order valence-electron chi connectivity index (χ2n) is 3.79.